The summed E-state index contributed by atoms with van der Waals surface area (Å²) >= 11 is 0. The zero-order chi connectivity index (χ0) is 13.0. The molecule has 0 amide bonds. The summed E-state index contributed by atoms with van der Waals surface area (Å²) in [6, 6.07) is 0. The summed E-state index contributed by atoms with van der Waals surface area (Å²) in [6.07, 6.45) is 9.45. The predicted octanol–water partition coefficient (Wildman–Crippen LogP) is 1.78. The van der Waals surface area contributed by atoms with E-state index >= 15 is 0 Å². The number of rotatable bonds is 3. The molecule has 4 aliphatic carbocycles. The topological polar surface area (TPSA) is 56.7 Å². The lowest BCUT2D eigenvalue weighted by molar-refractivity contribution is -0.00928. The maximum absolute atomic E-state index is 5.75. The van der Waals surface area contributed by atoms with Crippen molar-refractivity contribution in [1.82, 2.24) is 15.0 Å². The molecule has 0 spiro atoms. The van der Waals surface area contributed by atoms with Crippen molar-refractivity contribution in [3.63, 3.8) is 0 Å². The molecule has 1 aromatic rings. The monoisotopic (exact) mass is 260 g/mol. The number of aromatic nitrogens is 3. The van der Waals surface area contributed by atoms with Gasteiger partial charge in [-0.15, -0.1) is 5.10 Å². The van der Waals surface area contributed by atoms with Crippen molar-refractivity contribution in [2.24, 2.45) is 30.5 Å². The molecular formula is C15H24N4. The van der Waals surface area contributed by atoms with Crippen LogP contribution in [0.15, 0.2) is 0 Å². The lowest BCUT2D eigenvalue weighted by atomic mass is 9.48. The molecule has 0 unspecified atom stereocenters. The molecule has 4 heteroatoms. The second kappa shape index (κ2) is 4.05. The van der Waals surface area contributed by atoms with E-state index in [0.717, 1.165) is 24.2 Å². The molecule has 0 atom stereocenters. The van der Waals surface area contributed by atoms with Crippen LogP contribution in [0.4, 0.5) is 0 Å². The Labute approximate surface area is 114 Å². The second-order valence-corrected chi connectivity index (χ2v) is 7.24. The number of aryl methyl sites for hydroxylation is 1. The van der Waals surface area contributed by atoms with Crippen LogP contribution in [0.3, 0.4) is 0 Å². The van der Waals surface area contributed by atoms with Gasteiger partial charge in [0.05, 0.1) is 11.4 Å². The highest BCUT2D eigenvalue weighted by Crippen LogP contribution is 2.60. The van der Waals surface area contributed by atoms with Crippen molar-refractivity contribution in [2.75, 3.05) is 6.54 Å². The van der Waals surface area contributed by atoms with Crippen molar-refractivity contribution in [1.29, 1.82) is 0 Å². The molecular weight excluding hydrogens is 236 g/mol. The highest BCUT2D eigenvalue weighted by molar-refractivity contribution is 5.27. The highest BCUT2D eigenvalue weighted by Gasteiger charge is 2.53. The first kappa shape index (κ1) is 11.9. The third kappa shape index (κ3) is 1.69. The van der Waals surface area contributed by atoms with Gasteiger partial charge in [-0.05, 0) is 62.8 Å². The van der Waals surface area contributed by atoms with Crippen LogP contribution in [0.5, 0.6) is 0 Å². The fourth-order valence-corrected chi connectivity index (χ4v) is 5.76. The quantitative estimate of drug-likeness (QED) is 0.901. The zero-order valence-electron chi connectivity index (χ0n) is 11.8. The van der Waals surface area contributed by atoms with Gasteiger partial charge in [0.1, 0.15) is 0 Å². The first-order valence-corrected chi connectivity index (χ1v) is 7.79. The maximum Gasteiger partial charge on any atom is 0.0877 e. The molecule has 2 N–H and O–H groups in total. The summed E-state index contributed by atoms with van der Waals surface area (Å²) in [7, 11) is 2.07. The summed E-state index contributed by atoms with van der Waals surface area (Å²) < 4.78 is 2.05. The van der Waals surface area contributed by atoms with E-state index in [9.17, 15) is 0 Å². The fourth-order valence-electron chi connectivity index (χ4n) is 5.76. The van der Waals surface area contributed by atoms with Crippen LogP contribution in [-0.2, 0) is 18.9 Å². The average molecular weight is 260 g/mol. The van der Waals surface area contributed by atoms with E-state index in [1.807, 2.05) is 0 Å². The summed E-state index contributed by atoms with van der Waals surface area (Å²) in [5.74, 6) is 2.89. The molecule has 4 bridgehead atoms. The van der Waals surface area contributed by atoms with E-state index in [1.54, 1.807) is 0 Å². The summed E-state index contributed by atoms with van der Waals surface area (Å²) in [5.41, 5.74) is 8.74. The molecule has 0 saturated heterocycles. The Kier molecular flexibility index (Phi) is 2.53. The van der Waals surface area contributed by atoms with Gasteiger partial charge in [0.15, 0.2) is 0 Å². The third-order valence-electron chi connectivity index (χ3n) is 5.82. The molecule has 19 heavy (non-hydrogen) atoms. The van der Waals surface area contributed by atoms with Crippen molar-refractivity contribution >= 4 is 0 Å². The van der Waals surface area contributed by atoms with Crippen molar-refractivity contribution < 1.29 is 0 Å². The van der Waals surface area contributed by atoms with Crippen LogP contribution < -0.4 is 5.73 Å². The Morgan fingerprint density at radius 1 is 1.16 bits per heavy atom. The van der Waals surface area contributed by atoms with Gasteiger partial charge in [-0.25, -0.2) is 0 Å². The molecule has 5 rings (SSSR count). The van der Waals surface area contributed by atoms with Crippen LogP contribution in [0.2, 0.25) is 0 Å². The number of nitrogens with zero attached hydrogens (tertiary/aromatic N) is 3. The second-order valence-electron chi connectivity index (χ2n) is 7.24. The van der Waals surface area contributed by atoms with Gasteiger partial charge in [-0.3, -0.25) is 4.68 Å². The van der Waals surface area contributed by atoms with Crippen LogP contribution in [0, 0.1) is 17.8 Å². The number of hydrogen-bond acceptors (Lipinski definition) is 3. The lowest BCUT2D eigenvalue weighted by Crippen LogP contribution is -2.49. The molecule has 4 nitrogen and oxygen atoms in total. The summed E-state index contributed by atoms with van der Waals surface area (Å²) in [5, 5.41) is 8.70. The number of hydrogen-bond donors (Lipinski definition) is 1. The van der Waals surface area contributed by atoms with E-state index in [0.29, 0.717) is 12.0 Å². The Morgan fingerprint density at radius 3 is 2.26 bits per heavy atom. The maximum atomic E-state index is 5.75. The van der Waals surface area contributed by atoms with Gasteiger partial charge in [-0.1, -0.05) is 5.21 Å². The fraction of sp³-hybridized carbons (Fsp3) is 0.867. The SMILES string of the molecule is Cn1nnc(CCN)c1C12CC3CC(CC(C3)C1)C2. The minimum absolute atomic E-state index is 0.386. The summed E-state index contributed by atoms with van der Waals surface area (Å²) in [4.78, 5) is 0. The van der Waals surface area contributed by atoms with Crippen LogP contribution in [0.25, 0.3) is 0 Å². The number of nitrogens with two attached hydrogens (primary N) is 1. The Morgan fingerprint density at radius 2 is 1.74 bits per heavy atom. The molecule has 1 heterocycles. The summed E-state index contributed by atoms with van der Waals surface area (Å²) in [6.45, 7) is 0.679. The van der Waals surface area contributed by atoms with Gasteiger partial charge in [0.25, 0.3) is 0 Å². The Hall–Kier alpha value is -0.900. The van der Waals surface area contributed by atoms with E-state index < -0.39 is 0 Å². The minimum Gasteiger partial charge on any atom is -0.330 e. The molecule has 104 valence electrons. The molecule has 4 aliphatic rings. The molecule has 4 saturated carbocycles. The smallest absolute Gasteiger partial charge is 0.0877 e. The van der Waals surface area contributed by atoms with Crippen molar-refractivity contribution in [3.05, 3.63) is 11.4 Å². The van der Waals surface area contributed by atoms with Gasteiger partial charge in [0, 0.05) is 18.9 Å². The predicted molar refractivity (Wildman–Crippen MR) is 73.6 cm³/mol. The van der Waals surface area contributed by atoms with E-state index in [-0.39, 0.29) is 0 Å². The van der Waals surface area contributed by atoms with Crippen LogP contribution in [-0.4, -0.2) is 21.5 Å². The normalized spacial score (nSPS) is 40.0. The molecule has 0 aromatic carbocycles. The third-order valence-corrected chi connectivity index (χ3v) is 5.82. The first-order chi connectivity index (χ1) is 9.20. The molecule has 0 aliphatic heterocycles. The zero-order valence-corrected chi connectivity index (χ0v) is 11.8. The first-order valence-electron chi connectivity index (χ1n) is 7.79. The van der Waals surface area contributed by atoms with E-state index in [2.05, 4.69) is 22.0 Å². The minimum atomic E-state index is 0.386. The van der Waals surface area contributed by atoms with Crippen LogP contribution in [0.1, 0.15) is 49.9 Å². The van der Waals surface area contributed by atoms with Gasteiger partial charge in [0.2, 0.25) is 0 Å². The van der Waals surface area contributed by atoms with E-state index in [4.69, 9.17) is 5.73 Å². The van der Waals surface area contributed by atoms with Gasteiger partial charge < -0.3 is 5.73 Å². The Balaban J connectivity index is 1.77. The van der Waals surface area contributed by atoms with Crippen molar-refractivity contribution in [2.45, 2.75) is 50.4 Å². The Bertz CT molecular complexity index is 455. The van der Waals surface area contributed by atoms with Crippen LogP contribution >= 0.6 is 0 Å². The average Bonchev–Trinajstić information content (AvgIpc) is 2.70. The highest BCUT2D eigenvalue weighted by atomic mass is 15.4. The largest absolute Gasteiger partial charge is 0.330 e. The lowest BCUT2D eigenvalue weighted by Gasteiger charge is -2.56. The molecule has 1 aromatic heterocycles. The van der Waals surface area contributed by atoms with Gasteiger partial charge >= 0.3 is 0 Å². The van der Waals surface area contributed by atoms with Crippen molar-refractivity contribution in [3.8, 4) is 0 Å². The standard InChI is InChI=1S/C15H24N4/c1-19-14(13(2-3-16)17-18-19)15-7-10-4-11(8-15)6-12(5-10)9-15/h10-12H,2-9,16H2,1H3. The van der Waals surface area contributed by atoms with E-state index in [1.165, 1.54) is 49.9 Å². The molecule has 4 fully saturated rings. The van der Waals surface area contributed by atoms with Gasteiger partial charge in [-0.2, -0.15) is 0 Å². The molecule has 0 radical (unpaired) electrons.